The van der Waals surface area contributed by atoms with Crippen molar-refractivity contribution in [2.45, 2.75) is 23.8 Å². The zero-order valence-electron chi connectivity index (χ0n) is 14.9. The summed E-state index contributed by atoms with van der Waals surface area (Å²) in [5.41, 5.74) is 1.03. The van der Waals surface area contributed by atoms with E-state index in [1.807, 2.05) is 35.2 Å². The third kappa shape index (κ3) is 3.68. The first kappa shape index (κ1) is 17.9. The van der Waals surface area contributed by atoms with Crippen LogP contribution in [0, 0.1) is 0 Å². The molecule has 0 spiro atoms. The van der Waals surface area contributed by atoms with Crippen LogP contribution in [0.2, 0.25) is 0 Å². The molecule has 1 amide bonds. The fourth-order valence-electron chi connectivity index (χ4n) is 3.58. The van der Waals surface area contributed by atoms with Crippen molar-refractivity contribution < 1.29 is 13.2 Å². The van der Waals surface area contributed by atoms with Crippen LogP contribution in [0.5, 0.6) is 0 Å². The predicted molar refractivity (Wildman–Crippen MR) is 102 cm³/mol. The molecule has 0 aliphatic carbocycles. The Morgan fingerprint density at radius 2 is 1.78 bits per heavy atom. The third-order valence-corrected chi connectivity index (χ3v) is 6.90. The molecule has 2 aliphatic heterocycles. The van der Waals surface area contributed by atoms with Gasteiger partial charge in [0.15, 0.2) is 0 Å². The quantitative estimate of drug-likeness (QED) is 0.862. The number of benzene rings is 1. The van der Waals surface area contributed by atoms with Crippen molar-refractivity contribution >= 4 is 21.7 Å². The first-order chi connectivity index (χ1) is 13.0. The van der Waals surface area contributed by atoms with Crippen molar-refractivity contribution in [3.05, 3.63) is 54.2 Å². The third-order valence-electron chi connectivity index (χ3n) is 5.02. The van der Waals surface area contributed by atoms with Gasteiger partial charge in [-0.15, -0.1) is 0 Å². The molecule has 8 heteroatoms. The molecule has 1 atom stereocenters. The van der Waals surface area contributed by atoms with Crippen molar-refractivity contribution in [2.24, 2.45) is 0 Å². The van der Waals surface area contributed by atoms with E-state index < -0.39 is 10.0 Å². The van der Waals surface area contributed by atoms with Gasteiger partial charge in [0.25, 0.3) is 0 Å². The fourth-order valence-corrected chi connectivity index (χ4v) is 5.05. The second-order valence-electron chi connectivity index (χ2n) is 6.87. The first-order valence-electron chi connectivity index (χ1n) is 9.09. The molecule has 1 aromatic heterocycles. The van der Waals surface area contributed by atoms with Crippen LogP contribution >= 0.6 is 0 Å². The second kappa shape index (κ2) is 7.28. The number of rotatable bonds is 4. The number of carbonyl (C=O) groups excluding carboxylic acids is 1. The lowest BCUT2D eigenvalue weighted by Crippen LogP contribution is -2.50. The van der Waals surface area contributed by atoms with E-state index in [2.05, 4.69) is 10.3 Å². The van der Waals surface area contributed by atoms with Gasteiger partial charge in [0, 0.05) is 25.8 Å². The number of anilines is 1. The molecule has 7 nitrogen and oxygen atoms in total. The smallest absolute Gasteiger partial charge is 0.244 e. The molecule has 0 saturated carbocycles. The largest absolute Gasteiger partial charge is 0.346 e. The maximum atomic E-state index is 12.6. The summed E-state index contributed by atoms with van der Waals surface area (Å²) in [7, 11) is -3.48. The van der Waals surface area contributed by atoms with E-state index in [4.69, 9.17) is 0 Å². The Balaban J connectivity index is 1.53. The van der Waals surface area contributed by atoms with Crippen LogP contribution in [0.1, 0.15) is 24.4 Å². The molecule has 0 bridgehead atoms. The topological polar surface area (TPSA) is 82.6 Å². The summed E-state index contributed by atoms with van der Waals surface area (Å²) in [5, 5.41) is 2.99. The molecule has 1 unspecified atom stereocenters. The van der Waals surface area contributed by atoms with Gasteiger partial charge in [-0.05, 0) is 30.5 Å². The van der Waals surface area contributed by atoms with E-state index in [-0.39, 0.29) is 23.4 Å². The Morgan fingerprint density at radius 1 is 1.04 bits per heavy atom. The maximum Gasteiger partial charge on any atom is 0.244 e. The Kier molecular flexibility index (Phi) is 4.84. The summed E-state index contributed by atoms with van der Waals surface area (Å²) < 4.78 is 26.7. The van der Waals surface area contributed by atoms with Gasteiger partial charge in [-0.3, -0.25) is 4.79 Å². The number of amides is 1. The van der Waals surface area contributed by atoms with Gasteiger partial charge in [0.1, 0.15) is 10.7 Å². The average molecular weight is 386 g/mol. The highest BCUT2D eigenvalue weighted by Gasteiger charge is 2.29. The molecular weight excluding hydrogens is 364 g/mol. The fraction of sp³-hybridized carbons (Fsp3) is 0.368. The van der Waals surface area contributed by atoms with Crippen molar-refractivity contribution in [1.29, 1.82) is 0 Å². The molecule has 1 N–H and O–H groups in total. The monoisotopic (exact) mass is 386 g/mol. The number of nitrogens with one attached hydrogen (secondary N) is 1. The average Bonchev–Trinajstić information content (AvgIpc) is 3.24. The standard InChI is InChI=1S/C19H22N4O3S/c24-19-14-22(13-17(21-19)15-6-2-1-3-7-15)18-9-8-16(12-20-18)27(25,26)23-10-4-5-11-23/h1-3,6-9,12,17H,4-5,10-11,13-14H2,(H,21,24). The lowest BCUT2D eigenvalue weighted by Gasteiger charge is -2.34. The summed E-state index contributed by atoms with van der Waals surface area (Å²) >= 11 is 0. The van der Waals surface area contributed by atoms with Gasteiger partial charge in [-0.2, -0.15) is 4.31 Å². The normalized spacial score (nSPS) is 21.3. The van der Waals surface area contributed by atoms with E-state index in [0.717, 1.165) is 18.4 Å². The lowest BCUT2D eigenvalue weighted by atomic mass is 10.0. The molecule has 2 saturated heterocycles. The number of aromatic nitrogens is 1. The van der Waals surface area contributed by atoms with E-state index in [9.17, 15) is 13.2 Å². The van der Waals surface area contributed by atoms with Crippen molar-refractivity contribution in [1.82, 2.24) is 14.6 Å². The Labute approximate surface area is 159 Å². The van der Waals surface area contributed by atoms with E-state index in [1.165, 1.54) is 10.5 Å². The molecule has 2 fully saturated rings. The summed E-state index contributed by atoms with van der Waals surface area (Å²) in [5.74, 6) is 0.525. The predicted octanol–water partition coefficient (Wildman–Crippen LogP) is 1.54. The SMILES string of the molecule is O=C1CN(c2ccc(S(=O)(=O)N3CCCC3)cn2)CC(c2ccccc2)N1. The van der Waals surface area contributed by atoms with Gasteiger partial charge >= 0.3 is 0 Å². The molecule has 2 aliphatic rings. The molecule has 27 heavy (non-hydrogen) atoms. The van der Waals surface area contributed by atoms with E-state index >= 15 is 0 Å². The van der Waals surface area contributed by atoms with Crippen LogP contribution in [0.25, 0.3) is 0 Å². The highest BCUT2D eigenvalue weighted by atomic mass is 32.2. The molecule has 4 rings (SSSR count). The number of sulfonamides is 1. The minimum atomic E-state index is -3.48. The van der Waals surface area contributed by atoms with Gasteiger partial charge in [-0.25, -0.2) is 13.4 Å². The lowest BCUT2D eigenvalue weighted by molar-refractivity contribution is -0.121. The zero-order valence-corrected chi connectivity index (χ0v) is 15.7. The maximum absolute atomic E-state index is 12.6. The Bertz CT molecular complexity index is 910. The minimum absolute atomic E-state index is 0.0781. The highest BCUT2D eigenvalue weighted by molar-refractivity contribution is 7.89. The first-order valence-corrected chi connectivity index (χ1v) is 10.5. The van der Waals surface area contributed by atoms with Crippen molar-refractivity contribution in [2.75, 3.05) is 31.1 Å². The Hall–Kier alpha value is -2.45. The second-order valence-corrected chi connectivity index (χ2v) is 8.81. The summed E-state index contributed by atoms with van der Waals surface area (Å²) in [4.78, 5) is 18.6. The minimum Gasteiger partial charge on any atom is -0.346 e. The number of carbonyl (C=O) groups is 1. The molecule has 1 aromatic carbocycles. The summed E-state index contributed by atoms with van der Waals surface area (Å²) in [6, 6.07) is 12.9. The van der Waals surface area contributed by atoms with E-state index in [1.54, 1.807) is 12.1 Å². The summed E-state index contributed by atoms with van der Waals surface area (Å²) in [6.07, 6.45) is 3.19. The number of piperazine rings is 1. The summed E-state index contributed by atoms with van der Waals surface area (Å²) in [6.45, 7) is 1.92. The highest BCUT2D eigenvalue weighted by Crippen LogP contribution is 2.24. The van der Waals surface area contributed by atoms with Gasteiger partial charge in [0.05, 0.1) is 12.6 Å². The van der Waals surface area contributed by atoms with Gasteiger partial charge in [0.2, 0.25) is 15.9 Å². The Morgan fingerprint density at radius 3 is 2.44 bits per heavy atom. The molecule has 3 heterocycles. The number of hydrogen-bond acceptors (Lipinski definition) is 5. The van der Waals surface area contributed by atoms with Crippen LogP contribution in [-0.4, -0.2) is 49.8 Å². The van der Waals surface area contributed by atoms with Crippen LogP contribution in [-0.2, 0) is 14.8 Å². The molecule has 142 valence electrons. The van der Waals surface area contributed by atoms with Gasteiger partial charge < -0.3 is 10.2 Å². The number of pyridine rings is 1. The molecule has 0 radical (unpaired) electrons. The van der Waals surface area contributed by atoms with Crippen LogP contribution < -0.4 is 10.2 Å². The molecule has 2 aromatic rings. The number of nitrogens with zero attached hydrogens (tertiary/aromatic N) is 3. The van der Waals surface area contributed by atoms with Crippen LogP contribution in [0.15, 0.2) is 53.6 Å². The molecular formula is C19H22N4O3S. The van der Waals surface area contributed by atoms with Crippen LogP contribution in [0.4, 0.5) is 5.82 Å². The van der Waals surface area contributed by atoms with Crippen LogP contribution in [0.3, 0.4) is 0 Å². The van der Waals surface area contributed by atoms with Gasteiger partial charge in [-0.1, -0.05) is 30.3 Å². The van der Waals surface area contributed by atoms with Crippen molar-refractivity contribution in [3.8, 4) is 0 Å². The number of hydrogen-bond donors (Lipinski definition) is 1. The zero-order chi connectivity index (χ0) is 18.9. The van der Waals surface area contributed by atoms with Crippen molar-refractivity contribution in [3.63, 3.8) is 0 Å². The van der Waals surface area contributed by atoms with E-state index in [0.29, 0.717) is 25.5 Å².